The van der Waals surface area contributed by atoms with Crippen LogP contribution in [0.2, 0.25) is 0 Å². The molecule has 1 saturated heterocycles. The van der Waals surface area contributed by atoms with Gasteiger partial charge in [0.15, 0.2) is 0 Å². The quantitative estimate of drug-likeness (QED) is 0.871. The van der Waals surface area contributed by atoms with E-state index in [0.29, 0.717) is 12.0 Å². The molecule has 0 spiro atoms. The Morgan fingerprint density at radius 3 is 2.50 bits per heavy atom. The molecule has 1 aliphatic heterocycles. The van der Waals surface area contributed by atoms with E-state index in [9.17, 15) is 0 Å². The number of piperidine rings is 1. The molecule has 1 fully saturated rings. The lowest BCUT2D eigenvalue weighted by molar-refractivity contribution is 0.198. The molecule has 1 aromatic heterocycles. The zero-order valence-electron chi connectivity index (χ0n) is 11.7. The van der Waals surface area contributed by atoms with E-state index >= 15 is 0 Å². The van der Waals surface area contributed by atoms with Crippen molar-refractivity contribution in [2.75, 3.05) is 18.0 Å². The van der Waals surface area contributed by atoms with Crippen molar-refractivity contribution < 1.29 is 0 Å². The topological polar surface area (TPSA) is 55.0 Å². The summed E-state index contributed by atoms with van der Waals surface area (Å²) in [7, 11) is 0. The summed E-state index contributed by atoms with van der Waals surface area (Å²) in [6.45, 7) is 9.61. The molecule has 2 heterocycles. The van der Waals surface area contributed by atoms with Gasteiger partial charge < -0.3 is 10.6 Å². The number of anilines is 1. The Labute approximate surface area is 110 Å². The second kappa shape index (κ2) is 5.22. The van der Waals surface area contributed by atoms with Gasteiger partial charge >= 0.3 is 0 Å². The lowest BCUT2D eigenvalue weighted by atomic mass is 9.75. The monoisotopic (exact) mass is 248 g/mol. The number of hydrogen-bond acceptors (Lipinski definition) is 4. The normalized spacial score (nSPS) is 18.1. The van der Waals surface area contributed by atoms with Gasteiger partial charge in [-0.05, 0) is 24.2 Å². The van der Waals surface area contributed by atoms with Crippen LogP contribution >= 0.6 is 0 Å². The summed E-state index contributed by atoms with van der Waals surface area (Å²) < 4.78 is 0. The van der Waals surface area contributed by atoms with Crippen LogP contribution in [-0.4, -0.2) is 23.1 Å². The summed E-state index contributed by atoms with van der Waals surface area (Å²) in [5, 5.41) is 0. The van der Waals surface area contributed by atoms with Gasteiger partial charge in [-0.2, -0.15) is 0 Å². The first-order chi connectivity index (χ1) is 8.50. The molecule has 4 heteroatoms. The summed E-state index contributed by atoms with van der Waals surface area (Å²) in [6.07, 6.45) is 6.05. The molecule has 0 radical (unpaired) electrons. The summed E-state index contributed by atoms with van der Waals surface area (Å²) in [4.78, 5) is 11.1. The smallest absolute Gasteiger partial charge is 0.147 e. The lowest BCUT2D eigenvalue weighted by Crippen LogP contribution is -2.38. The third-order valence-electron chi connectivity index (χ3n) is 3.92. The van der Waals surface area contributed by atoms with Crippen molar-refractivity contribution in [1.29, 1.82) is 0 Å². The molecule has 2 rings (SSSR count). The molecule has 2 N–H and O–H groups in total. The first kappa shape index (κ1) is 13.3. The molecule has 4 nitrogen and oxygen atoms in total. The predicted octanol–water partition coefficient (Wildman–Crippen LogP) is 2.20. The van der Waals surface area contributed by atoms with Crippen LogP contribution in [-0.2, 0) is 6.54 Å². The van der Waals surface area contributed by atoms with Gasteiger partial charge in [-0.15, -0.1) is 0 Å². The number of nitrogens with two attached hydrogens (primary N) is 1. The maximum absolute atomic E-state index is 5.61. The molecule has 0 aliphatic carbocycles. The van der Waals surface area contributed by atoms with Crippen LogP contribution in [0.1, 0.15) is 39.3 Å². The summed E-state index contributed by atoms with van der Waals surface area (Å²) in [5.41, 5.74) is 6.89. The lowest BCUT2D eigenvalue weighted by Gasteiger charge is -2.39. The van der Waals surface area contributed by atoms with Crippen LogP contribution in [0, 0.1) is 11.3 Å². The Balaban J connectivity index is 2.01. The summed E-state index contributed by atoms with van der Waals surface area (Å²) in [5.74, 6) is 1.78. The SMILES string of the molecule is CC(C)(C)C1CCN(c2cncc(CN)n2)CC1. The molecular weight excluding hydrogens is 224 g/mol. The van der Waals surface area contributed by atoms with E-state index in [1.807, 2.05) is 6.20 Å². The average Bonchev–Trinajstić information content (AvgIpc) is 2.38. The highest BCUT2D eigenvalue weighted by atomic mass is 15.2. The summed E-state index contributed by atoms with van der Waals surface area (Å²) >= 11 is 0. The maximum atomic E-state index is 5.61. The van der Waals surface area contributed by atoms with Crippen LogP contribution in [0.5, 0.6) is 0 Å². The molecule has 100 valence electrons. The van der Waals surface area contributed by atoms with Gasteiger partial charge in [-0.3, -0.25) is 4.98 Å². The Hall–Kier alpha value is -1.16. The molecule has 1 aromatic rings. The largest absolute Gasteiger partial charge is 0.355 e. The van der Waals surface area contributed by atoms with Gasteiger partial charge in [0, 0.05) is 25.8 Å². The van der Waals surface area contributed by atoms with Crippen LogP contribution in [0.3, 0.4) is 0 Å². The number of aromatic nitrogens is 2. The van der Waals surface area contributed by atoms with Crippen LogP contribution < -0.4 is 10.6 Å². The molecular formula is C14H24N4. The van der Waals surface area contributed by atoms with E-state index in [-0.39, 0.29) is 0 Å². The third-order valence-corrected chi connectivity index (χ3v) is 3.92. The van der Waals surface area contributed by atoms with E-state index in [0.717, 1.165) is 30.5 Å². The highest BCUT2D eigenvalue weighted by Crippen LogP contribution is 2.35. The second-order valence-electron chi connectivity index (χ2n) is 6.20. The highest BCUT2D eigenvalue weighted by molar-refractivity contribution is 5.36. The minimum Gasteiger partial charge on any atom is -0.355 e. The summed E-state index contributed by atoms with van der Waals surface area (Å²) in [6, 6.07) is 0. The average molecular weight is 248 g/mol. The molecule has 0 bridgehead atoms. The van der Waals surface area contributed by atoms with Gasteiger partial charge in [0.25, 0.3) is 0 Å². The van der Waals surface area contributed by atoms with Gasteiger partial charge in [0.05, 0.1) is 11.9 Å². The molecule has 0 unspecified atom stereocenters. The van der Waals surface area contributed by atoms with Crippen LogP contribution in [0.4, 0.5) is 5.82 Å². The van der Waals surface area contributed by atoms with Crippen molar-refractivity contribution in [1.82, 2.24) is 9.97 Å². The fourth-order valence-corrected chi connectivity index (χ4v) is 2.62. The molecule has 18 heavy (non-hydrogen) atoms. The Kier molecular flexibility index (Phi) is 3.85. The van der Waals surface area contributed by atoms with E-state index in [4.69, 9.17) is 5.73 Å². The minimum atomic E-state index is 0.414. The van der Waals surface area contributed by atoms with Crippen molar-refractivity contribution in [2.45, 2.75) is 40.2 Å². The standard InChI is InChI=1S/C14H24N4/c1-14(2,3)11-4-6-18(7-5-11)13-10-16-9-12(8-15)17-13/h9-11H,4-8,15H2,1-3H3. The highest BCUT2D eigenvalue weighted by Gasteiger charge is 2.29. The Morgan fingerprint density at radius 2 is 1.94 bits per heavy atom. The molecule has 1 aliphatic rings. The van der Waals surface area contributed by atoms with E-state index in [1.165, 1.54) is 12.8 Å². The molecule has 0 amide bonds. The van der Waals surface area contributed by atoms with Gasteiger partial charge in [-0.1, -0.05) is 20.8 Å². The van der Waals surface area contributed by atoms with E-state index in [1.54, 1.807) is 6.20 Å². The zero-order chi connectivity index (χ0) is 13.2. The molecule has 0 saturated carbocycles. The molecule has 0 atom stereocenters. The fourth-order valence-electron chi connectivity index (χ4n) is 2.62. The first-order valence-electron chi connectivity index (χ1n) is 6.76. The van der Waals surface area contributed by atoms with Crippen molar-refractivity contribution in [3.8, 4) is 0 Å². The fraction of sp³-hybridized carbons (Fsp3) is 0.714. The first-order valence-corrected chi connectivity index (χ1v) is 6.76. The van der Waals surface area contributed by atoms with Gasteiger partial charge in [0.1, 0.15) is 5.82 Å². The zero-order valence-corrected chi connectivity index (χ0v) is 11.7. The van der Waals surface area contributed by atoms with E-state index < -0.39 is 0 Å². The second-order valence-corrected chi connectivity index (χ2v) is 6.20. The van der Waals surface area contributed by atoms with Crippen LogP contribution in [0.15, 0.2) is 12.4 Å². The maximum Gasteiger partial charge on any atom is 0.147 e. The predicted molar refractivity (Wildman–Crippen MR) is 74.3 cm³/mol. The Bertz CT molecular complexity index is 389. The van der Waals surface area contributed by atoms with Crippen molar-refractivity contribution in [2.24, 2.45) is 17.1 Å². The van der Waals surface area contributed by atoms with Crippen molar-refractivity contribution >= 4 is 5.82 Å². The van der Waals surface area contributed by atoms with Gasteiger partial charge in [0.2, 0.25) is 0 Å². The number of nitrogens with zero attached hydrogens (tertiary/aromatic N) is 3. The van der Waals surface area contributed by atoms with Crippen molar-refractivity contribution in [3.05, 3.63) is 18.1 Å². The van der Waals surface area contributed by atoms with Crippen molar-refractivity contribution in [3.63, 3.8) is 0 Å². The Morgan fingerprint density at radius 1 is 1.28 bits per heavy atom. The third kappa shape index (κ3) is 2.99. The molecule has 0 aromatic carbocycles. The van der Waals surface area contributed by atoms with Crippen LogP contribution in [0.25, 0.3) is 0 Å². The minimum absolute atomic E-state index is 0.414. The number of hydrogen-bond donors (Lipinski definition) is 1. The van der Waals surface area contributed by atoms with E-state index in [2.05, 4.69) is 35.6 Å². The number of rotatable bonds is 2. The van der Waals surface area contributed by atoms with Gasteiger partial charge in [-0.25, -0.2) is 4.98 Å².